The molecule has 0 saturated carbocycles. The Labute approximate surface area is 193 Å². The number of benzene rings is 2. The Bertz CT molecular complexity index is 1090. The van der Waals surface area contributed by atoms with Crippen molar-refractivity contribution in [3.63, 3.8) is 0 Å². The van der Waals surface area contributed by atoms with Gasteiger partial charge in [-0.25, -0.2) is 0 Å². The van der Waals surface area contributed by atoms with Crippen molar-refractivity contribution in [1.82, 2.24) is 14.8 Å². The third-order valence-corrected chi connectivity index (χ3v) is 6.51. The van der Waals surface area contributed by atoms with Gasteiger partial charge in [-0.05, 0) is 43.2 Å². The molecule has 0 aliphatic heterocycles. The molecule has 10 heteroatoms. The smallest absolute Gasteiger partial charge is 0.234 e. The second kappa shape index (κ2) is 9.92. The number of nitrogens with one attached hydrogen (secondary N) is 1. The van der Waals surface area contributed by atoms with Gasteiger partial charge < -0.3 is 14.6 Å². The highest BCUT2D eigenvalue weighted by atomic mass is 35.5. The van der Waals surface area contributed by atoms with Crippen LogP contribution in [0.25, 0.3) is 0 Å². The van der Waals surface area contributed by atoms with E-state index in [9.17, 15) is 4.79 Å². The molecule has 0 aliphatic carbocycles. The molecular weight excluding hydrogens is 467 g/mol. The van der Waals surface area contributed by atoms with Crippen molar-refractivity contribution in [2.75, 3.05) is 11.1 Å². The van der Waals surface area contributed by atoms with E-state index >= 15 is 0 Å². The van der Waals surface area contributed by atoms with Crippen LogP contribution in [0.2, 0.25) is 15.1 Å². The van der Waals surface area contributed by atoms with Crippen LogP contribution in [0.4, 0.5) is 5.69 Å². The second-order valence-electron chi connectivity index (χ2n) is 6.53. The summed E-state index contributed by atoms with van der Waals surface area (Å²) < 4.78 is 7.69. The molecule has 6 nitrogen and oxygen atoms in total. The van der Waals surface area contributed by atoms with Crippen molar-refractivity contribution >= 4 is 58.2 Å². The average molecular weight is 486 g/mol. The fraction of sp³-hybridized carbons (Fsp3) is 0.250. The molecule has 1 N–H and O–H groups in total. The Hall–Kier alpha value is -1.93. The number of halogens is 3. The Morgan fingerprint density at radius 3 is 2.63 bits per heavy atom. The summed E-state index contributed by atoms with van der Waals surface area (Å²) in [6.45, 7) is 4.33. The SMILES string of the molecule is Cc1cccc(OCc2nnc(SCC(=O)Nc3cc(Cl)c(Cl)cc3Cl)n2C)c1C. The van der Waals surface area contributed by atoms with E-state index in [1.807, 2.05) is 39.1 Å². The normalized spacial score (nSPS) is 10.9. The van der Waals surface area contributed by atoms with Crippen LogP contribution in [0.3, 0.4) is 0 Å². The molecule has 1 aromatic heterocycles. The number of aromatic nitrogens is 3. The zero-order chi connectivity index (χ0) is 21.8. The Kier molecular flexibility index (Phi) is 7.52. The van der Waals surface area contributed by atoms with Crippen LogP contribution in [0.1, 0.15) is 17.0 Å². The van der Waals surface area contributed by atoms with E-state index in [1.165, 1.54) is 23.9 Å². The first-order valence-electron chi connectivity index (χ1n) is 8.90. The zero-order valence-corrected chi connectivity index (χ0v) is 19.6. The lowest BCUT2D eigenvalue weighted by Crippen LogP contribution is -2.15. The molecule has 0 spiro atoms. The molecular formula is C20H19Cl3N4O2S. The van der Waals surface area contributed by atoms with E-state index in [0.29, 0.717) is 31.7 Å². The molecule has 1 heterocycles. The Morgan fingerprint density at radius 2 is 1.87 bits per heavy atom. The van der Waals surface area contributed by atoms with E-state index in [1.54, 1.807) is 4.57 Å². The van der Waals surface area contributed by atoms with Crippen molar-refractivity contribution < 1.29 is 9.53 Å². The van der Waals surface area contributed by atoms with Gasteiger partial charge in [-0.15, -0.1) is 10.2 Å². The Morgan fingerprint density at radius 1 is 1.13 bits per heavy atom. The lowest BCUT2D eigenvalue weighted by atomic mass is 10.1. The van der Waals surface area contributed by atoms with Crippen molar-refractivity contribution in [2.45, 2.75) is 25.6 Å². The van der Waals surface area contributed by atoms with Gasteiger partial charge in [-0.2, -0.15) is 0 Å². The summed E-state index contributed by atoms with van der Waals surface area (Å²) in [6.07, 6.45) is 0. The van der Waals surface area contributed by atoms with Gasteiger partial charge in [0.1, 0.15) is 12.4 Å². The van der Waals surface area contributed by atoms with Crippen LogP contribution < -0.4 is 10.1 Å². The van der Waals surface area contributed by atoms with Crippen LogP contribution in [-0.4, -0.2) is 26.4 Å². The highest BCUT2D eigenvalue weighted by Crippen LogP contribution is 2.32. The van der Waals surface area contributed by atoms with Gasteiger partial charge in [0.2, 0.25) is 5.91 Å². The minimum atomic E-state index is -0.253. The molecule has 30 heavy (non-hydrogen) atoms. The van der Waals surface area contributed by atoms with Gasteiger partial charge in [-0.1, -0.05) is 58.7 Å². The van der Waals surface area contributed by atoms with Gasteiger partial charge in [-0.3, -0.25) is 4.79 Å². The number of carbonyl (C=O) groups excluding carboxylic acids is 1. The quantitative estimate of drug-likeness (QED) is 0.343. The largest absolute Gasteiger partial charge is 0.485 e. The zero-order valence-electron chi connectivity index (χ0n) is 16.5. The summed E-state index contributed by atoms with van der Waals surface area (Å²) in [5.74, 6) is 1.34. The molecule has 2 aromatic carbocycles. The molecule has 0 unspecified atom stereocenters. The number of hydrogen-bond acceptors (Lipinski definition) is 5. The van der Waals surface area contributed by atoms with Crippen molar-refractivity contribution in [1.29, 1.82) is 0 Å². The maximum absolute atomic E-state index is 12.3. The lowest BCUT2D eigenvalue weighted by molar-refractivity contribution is -0.113. The third-order valence-electron chi connectivity index (χ3n) is 4.45. The molecule has 0 atom stereocenters. The second-order valence-corrected chi connectivity index (χ2v) is 8.69. The molecule has 1 amide bonds. The van der Waals surface area contributed by atoms with Crippen LogP contribution in [-0.2, 0) is 18.4 Å². The summed E-state index contributed by atoms with van der Waals surface area (Å²) in [4.78, 5) is 12.3. The lowest BCUT2D eigenvalue weighted by Gasteiger charge is -2.11. The number of ether oxygens (including phenoxy) is 1. The number of carbonyl (C=O) groups is 1. The summed E-state index contributed by atoms with van der Waals surface area (Å²) in [5, 5.41) is 12.6. The molecule has 0 fully saturated rings. The Balaban J connectivity index is 1.58. The minimum Gasteiger partial charge on any atom is -0.485 e. The molecule has 0 aliphatic rings. The van der Waals surface area contributed by atoms with Gasteiger partial charge in [0.25, 0.3) is 0 Å². The number of amides is 1. The van der Waals surface area contributed by atoms with Crippen LogP contribution in [0.15, 0.2) is 35.5 Å². The highest BCUT2D eigenvalue weighted by molar-refractivity contribution is 7.99. The fourth-order valence-electron chi connectivity index (χ4n) is 2.55. The van der Waals surface area contributed by atoms with Crippen LogP contribution >= 0.6 is 46.6 Å². The highest BCUT2D eigenvalue weighted by Gasteiger charge is 2.14. The first kappa shape index (κ1) is 22.7. The summed E-state index contributed by atoms with van der Waals surface area (Å²) >= 11 is 19.2. The molecule has 3 aromatic rings. The number of thioether (sulfide) groups is 1. The first-order valence-corrected chi connectivity index (χ1v) is 11.0. The molecule has 3 rings (SSSR count). The fourth-order valence-corrected chi connectivity index (χ4v) is 3.88. The van der Waals surface area contributed by atoms with E-state index in [0.717, 1.165) is 16.9 Å². The summed E-state index contributed by atoms with van der Waals surface area (Å²) in [7, 11) is 1.83. The van der Waals surface area contributed by atoms with E-state index in [-0.39, 0.29) is 18.3 Å². The van der Waals surface area contributed by atoms with Crippen LogP contribution in [0, 0.1) is 13.8 Å². The van der Waals surface area contributed by atoms with Crippen molar-refractivity contribution in [2.24, 2.45) is 7.05 Å². The predicted octanol–water partition coefficient (Wildman–Crippen LogP) is 5.70. The van der Waals surface area contributed by atoms with E-state index < -0.39 is 0 Å². The van der Waals surface area contributed by atoms with Crippen LogP contribution in [0.5, 0.6) is 5.75 Å². The van der Waals surface area contributed by atoms with Gasteiger partial charge in [0.05, 0.1) is 26.5 Å². The first-order chi connectivity index (χ1) is 14.3. The van der Waals surface area contributed by atoms with E-state index in [2.05, 4.69) is 15.5 Å². The standard InChI is InChI=1S/C20H19Cl3N4O2S/c1-11-5-4-6-17(12(11)2)29-9-18-25-26-20(27(18)3)30-10-19(28)24-16-8-14(22)13(21)7-15(16)23/h4-8H,9-10H2,1-3H3,(H,24,28). The number of hydrogen-bond donors (Lipinski definition) is 1. The topological polar surface area (TPSA) is 69.0 Å². The third kappa shape index (κ3) is 5.40. The molecule has 0 radical (unpaired) electrons. The number of rotatable bonds is 7. The minimum absolute atomic E-state index is 0.125. The number of aryl methyl sites for hydroxylation is 1. The molecule has 0 bridgehead atoms. The van der Waals surface area contributed by atoms with Gasteiger partial charge >= 0.3 is 0 Å². The monoisotopic (exact) mass is 484 g/mol. The summed E-state index contributed by atoms with van der Waals surface area (Å²) in [6, 6.07) is 8.91. The van der Waals surface area contributed by atoms with Gasteiger partial charge in [0.15, 0.2) is 11.0 Å². The van der Waals surface area contributed by atoms with Crippen molar-refractivity contribution in [3.05, 3.63) is 62.4 Å². The van der Waals surface area contributed by atoms with Crippen molar-refractivity contribution in [3.8, 4) is 5.75 Å². The average Bonchev–Trinajstić information content (AvgIpc) is 3.05. The predicted molar refractivity (Wildman–Crippen MR) is 122 cm³/mol. The maximum atomic E-state index is 12.3. The molecule has 0 saturated heterocycles. The van der Waals surface area contributed by atoms with Gasteiger partial charge in [0, 0.05) is 7.05 Å². The maximum Gasteiger partial charge on any atom is 0.234 e. The number of nitrogens with zero attached hydrogens (tertiary/aromatic N) is 3. The molecule has 158 valence electrons. The van der Waals surface area contributed by atoms with E-state index in [4.69, 9.17) is 39.5 Å². The number of anilines is 1. The summed E-state index contributed by atoms with van der Waals surface area (Å²) in [5.41, 5.74) is 2.65.